The van der Waals surface area contributed by atoms with Gasteiger partial charge in [-0.1, -0.05) is 50.3 Å². The number of hydrogen-bond acceptors (Lipinski definition) is 1. The van der Waals surface area contributed by atoms with Gasteiger partial charge in [-0.15, -0.1) is 0 Å². The van der Waals surface area contributed by atoms with E-state index in [2.05, 4.69) is 19.9 Å². The van der Waals surface area contributed by atoms with E-state index in [1.807, 2.05) is 37.3 Å². The summed E-state index contributed by atoms with van der Waals surface area (Å²) in [7, 11) is 0. The van der Waals surface area contributed by atoms with Crippen LogP contribution in [0.4, 0.5) is 0 Å². The normalized spacial score (nSPS) is 16.1. The van der Waals surface area contributed by atoms with Gasteiger partial charge in [-0.05, 0) is 30.9 Å². The largest absolute Gasteiger partial charge is 0.381 e. The van der Waals surface area contributed by atoms with E-state index in [4.69, 9.17) is 0 Å². The molecule has 0 aliphatic carbocycles. The van der Waals surface area contributed by atoms with Crippen LogP contribution in [0, 0.1) is 0 Å². The summed E-state index contributed by atoms with van der Waals surface area (Å²) in [6.45, 7) is 6.04. The van der Waals surface area contributed by atoms with Crippen molar-refractivity contribution in [2.45, 2.75) is 39.2 Å². The van der Waals surface area contributed by atoms with Crippen LogP contribution in [0.25, 0.3) is 0 Å². The first-order valence-electron chi connectivity index (χ1n) is 5.60. The SMILES string of the molecule is CC/C=C(\CC)C(C)(O)c1ccccc1. The van der Waals surface area contributed by atoms with Gasteiger partial charge in [0.2, 0.25) is 0 Å². The van der Waals surface area contributed by atoms with Crippen LogP contribution in [0.3, 0.4) is 0 Å². The minimum atomic E-state index is -0.827. The van der Waals surface area contributed by atoms with E-state index >= 15 is 0 Å². The van der Waals surface area contributed by atoms with Crippen LogP contribution >= 0.6 is 0 Å². The summed E-state index contributed by atoms with van der Waals surface area (Å²) in [6.07, 6.45) is 3.97. The molecule has 82 valence electrons. The minimum Gasteiger partial charge on any atom is -0.381 e. The van der Waals surface area contributed by atoms with Crippen LogP contribution in [-0.2, 0) is 5.60 Å². The molecule has 1 rings (SSSR count). The summed E-state index contributed by atoms with van der Waals surface area (Å²) >= 11 is 0. The van der Waals surface area contributed by atoms with E-state index in [0.29, 0.717) is 0 Å². The number of benzene rings is 1. The maximum atomic E-state index is 10.5. The van der Waals surface area contributed by atoms with Crippen molar-refractivity contribution in [3.8, 4) is 0 Å². The molecule has 0 spiro atoms. The fourth-order valence-corrected chi connectivity index (χ4v) is 1.88. The molecule has 0 fully saturated rings. The van der Waals surface area contributed by atoms with Crippen LogP contribution in [-0.4, -0.2) is 5.11 Å². The standard InChI is InChI=1S/C14H20O/c1-4-9-12(5-2)14(3,15)13-10-7-6-8-11-13/h6-11,15H,4-5H2,1-3H3/b12-9+. The first-order chi connectivity index (χ1) is 7.12. The van der Waals surface area contributed by atoms with Crippen LogP contribution in [0.1, 0.15) is 39.2 Å². The van der Waals surface area contributed by atoms with Crippen LogP contribution < -0.4 is 0 Å². The lowest BCUT2D eigenvalue weighted by Crippen LogP contribution is -2.23. The highest BCUT2D eigenvalue weighted by Gasteiger charge is 2.25. The topological polar surface area (TPSA) is 20.2 Å². The highest BCUT2D eigenvalue weighted by molar-refractivity contribution is 5.31. The second-order valence-corrected chi connectivity index (χ2v) is 3.93. The Balaban J connectivity index is 3.06. The molecule has 0 aromatic heterocycles. The van der Waals surface area contributed by atoms with Crippen LogP contribution in [0.15, 0.2) is 42.0 Å². The van der Waals surface area contributed by atoms with E-state index < -0.39 is 5.60 Å². The van der Waals surface area contributed by atoms with Gasteiger partial charge in [0.05, 0.1) is 0 Å². The second kappa shape index (κ2) is 5.13. The first-order valence-corrected chi connectivity index (χ1v) is 5.60. The highest BCUT2D eigenvalue weighted by atomic mass is 16.3. The lowest BCUT2D eigenvalue weighted by molar-refractivity contribution is 0.0939. The Morgan fingerprint density at radius 3 is 2.33 bits per heavy atom. The molecule has 1 atom stereocenters. The predicted molar refractivity (Wildman–Crippen MR) is 64.7 cm³/mol. The number of allylic oxidation sites excluding steroid dienone is 1. The smallest absolute Gasteiger partial charge is 0.108 e. The molecule has 0 aliphatic rings. The third-order valence-electron chi connectivity index (χ3n) is 2.79. The Morgan fingerprint density at radius 2 is 1.87 bits per heavy atom. The van der Waals surface area contributed by atoms with Crippen molar-refractivity contribution < 1.29 is 5.11 Å². The minimum absolute atomic E-state index is 0.827. The molecule has 1 N–H and O–H groups in total. The highest BCUT2D eigenvalue weighted by Crippen LogP contribution is 2.30. The summed E-state index contributed by atoms with van der Waals surface area (Å²) in [6, 6.07) is 9.83. The van der Waals surface area contributed by atoms with Crippen molar-refractivity contribution in [3.05, 3.63) is 47.5 Å². The maximum Gasteiger partial charge on any atom is 0.108 e. The van der Waals surface area contributed by atoms with Crippen LogP contribution in [0.2, 0.25) is 0 Å². The Morgan fingerprint density at radius 1 is 1.27 bits per heavy atom. The van der Waals surface area contributed by atoms with Gasteiger partial charge in [0.15, 0.2) is 0 Å². The van der Waals surface area contributed by atoms with Gasteiger partial charge in [-0.2, -0.15) is 0 Å². The molecule has 0 amide bonds. The van der Waals surface area contributed by atoms with Gasteiger partial charge in [0, 0.05) is 0 Å². The summed E-state index contributed by atoms with van der Waals surface area (Å²) in [5, 5.41) is 10.5. The van der Waals surface area contributed by atoms with Crippen molar-refractivity contribution in [2.24, 2.45) is 0 Å². The molecule has 15 heavy (non-hydrogen) atoms. The Hall–Kier alpha value is -1.08. The molecular weight excluding hydrogens is 184 g/mol. The lowest BCUT2D eigenvalue weighted by atomic mass is 9.86. The zero-order valence-corrected chi connectivity index (χ0v) is 9.83. The van der Waals surface area contributed by atoms with Gasteiger partial charge in [0.25, 0.3) is 0 Å². The van der Waals surface area contributed by atoms with Crippen molar-refractivity contribution in [1.29, 1.82) is 0 Å². The zero-order chi connectivity index (χ0) is 11.3. The molecule has 0 radical (unpaired) electrons. The average molecular weight is 204 g/mol. The molecule has 0 aliphatic heterocycles. The van der Waals surface area contributed by atoms with E-state index in [1.54, 1.807) is 0 Å². The van der Waals surface area contributed by atoms with Crippen molar-refractivity contribution in [1.82, 2.24) is 0 Å². The van der Waals surface area contributed by atoms with E-state index in [1.165, 1.54) is 0 Å². The molecule has 1 aromatic rings. The Labute approximate surface area is 92.5 Å². The third-order valence-corrected chi connectivity index (χ3v) is 2.79. The fraction of sp³-hybridized carbons (Fsp3) is 0.429. The number of aliphatic hydroxyl groups is 1. The lowest BCUT2D eigenvalue weighted by Gasteiger charge is -2.27. The third kappa shape index (κ3) is 2.69. The molecule has 1 aromatic carbocycles. The molecule has 0 bridgehead atoms. The zero-order valence-electron chi connectivity index (χ0n) is 9.83. The summed E-state index contributed by atoms with van der Waals surface area (Å²) in [4.78, 5) is 0. The van der Waals surface area contributed by atoms with Crippen molar-refractivity contribution in [3.63, 3.8) is 0 Å². The molecule has 1 nitrogen and oxygen atoms in total. The molecule has 0 saturated heterocycles. The first kappa shape index (κ1) is 12.0. The van der Waals surface area contributed by atoms with Crippen molar-refractivity contribution >= 4 is 0 Å². The Bertz CT molecular complexity index is 322. The maximum absolute atomic E-state index is 10.5. The van der Waals surface area contributed by atoms with Crippen LogP contribution in [0.5, 0.6) is 0 Å². The predicted octanol–water partition coefficient (Wildman–Crippen LogP) is 3.64. The molecule has 0 heterocycles. The van der Waals surface area contributed by atoms with Crippen molar-refractivity contribution in [2.75, 3.05) is 0 Å². The van der Waals surface area contributed by atoms with Gasteiger partial charge >= 0.3 is 0 Å². The van der Waals surface area contributed by atoms with E-state index in [9.17, 15) is 5.11 Å². The molecule has 1 unspecified atom stereocenters. The van der Waals surface area contributed by atoms with E-state index in [-0.39, 0.29) is 0 Å². The van der Waals surface area contributed by atoms with Gasteiger partial charge < -0.3 is 5.11 Å². The molecular formula is C14H20O. The Kier molecular flexibility index (Phi) is 4.10. The summed E-state index contributed by atoms with van der Waals surface area (Å²) < 4.78 is 0. The second-order valence-electron chi connectivity index (χ2n) is 3.93. The summed E-state index contributed by atoms with van der Waals surface area (Å²) in [5.74, 6) is 0. The summed E-state index contributed by atoms with van der Waals surface area (Å²) in [5.41, 5.74) is 1.23. The fourth-order valence-electron chi connectivity index (χ4n) is 1.88. The average Bonchev–Trinajstić information content (AvgIpc) is 2.27. The quantitative estimate of drug-likeness (QED) is 0.742. The van der Waals surface area contributed by atoms with Gasteiger partial charge in [-0.25, -0.2) is 0 Å². The number of hydrogen-bond donors (Lipinski definition) is 1. The molecule has 0 saturated carbocycles. The van der Waals surface area contributed by atoms with Gasteiger partial charge in [0.1, 0.15) is 5.60 Å². The van der Waals surface area contributed by atoms with Gasteiger partial charge in [-0.3, -0.25) is 0 Å². The van der Waals surface area contributed by atoms with E-state index in [0.717, 1.165) is 24.0 Å². The molecule has 1 heteroatoms. The monoisotopic (exact) mass is 204 g/mol. The number of rotatable bonds is 4.